The first kappa shape index (κ1) is 21.4. The van der Waals surface area contributed by atoms with Crippen molar-refractivity contribution in [1.29, 1.82) is 0 Å². The van der Waals surface area contributed by atoms with Crippen LogP contribution < -0.4 is 5.32 Å². The van der Waals surface area contributed by atoms with E-state index in [0.717, 1.165) is 24.8 Å². The zero-order valence-corrected chi connectivity index (χ0v) is 17.7. The highest BCUT2D eigenvalue weighted by Gasteiger charge is 2.31. The summed E-state index contributed by atoms with van der Waals surface area (Å²) in [6.45, 7) is 8.73. The van der Waals surface area contributed by atoms with E-state index in [-0.39, 0.29) is 18.2 Å². The molecule has 0 bridgehead atoms. The monoisotopic (exact) mass is 403 g/mol. The summed E-state index contributed by atoms with van der Waals surface area (Å²) in [5.41, 5.74) is 0.528. The molecule has 2 heterocycles. The van der Waals surface area contributed by atoms with Crippen LogP contribution in [0.4, 0.5) is 9.59 Å². The number of ether oxygens (including phenoxy) is 2. The van der Waals surface area contributed by atoms with Crippen molar-refractivity contribution in [2.75, 3.05) is 26.2 Å². The van der Waals surface area contributed by atoms with Gasteiger partial charge in [-0.1, -0.05) is 30.3 Å². The second-order valence-corrected chi connectivity index (χ2v) is 8.88. The smallest absolute Gasteiger partial charge is 0.410 e. The molecule has 29 heavy (non-hydrogen) atoms. The number of carbonyl (C=O) groups is 2. The number of hydrogen-bond acceptors (Lipinski definition) is 5. The molecule has 7 heteroatoms. The number of hydrogen-bond donors (Lipinski definition) is 1. The SMILES string of the molecule is CC(C)(C)OC(=O)N1CCC(N[C@@H]2CCN(C(=O)OCc3ccccc3)C2)CC1. The Hall–Kier alpha value is -2.28. The van der Waals surface area contributed by atoms with Gasteiger partial charge in [0.2, 0.25) is 0 Å². The Balaban J connectivity index is 1.36. The van der Waals surface area contributed by atoms with Gasteiger partial charge in [-0.3, -0.25) is 0 Å². The maximum absolute atomic E-state index is 12.3. The predicted molar refractivity (Wildman–Crippen MR) is 111 cm³/mol. The third kappa shape index (κ3) is 6.63. The minimum atomic E-state index is -0.464. The van der Waals surface area contributed by atoms with Crippen molar-refractivity contribution < 1.29 is 19.1 Å². The molecule has 7 nitrogen and oxygen atoms in total. The lowest BCUT2D eigenvalue weighted by Gasteiger charge is -2.34. The first-order chi connectivity index (χ1) is 13.8. The summed E-state index contributed by atoms with van der Waals surface area (Å²) in [5.74, 6) is 0. The molecule has 2 aliphatic rings. The maximum Gasteiger partial charge on any atom is 0.410 e. The molecule has 2 amide bonds. The summed E-state index contributed by atoms with van der Waals surface area (Å²) in [5, 5.41) is 3.66. The molecule has 2 aliphatic heterocycles. The molecule has 0 aromatic heterocycles. The molecule has 0 aliphatic carbocycles. The van der Waals surface area contributed by atoms with Crippen LogP contribution in [0.2, 0.25) is 0 Å². The van der Waals surface area contributed by atoms with Gasteiger partial charge in [-0.25, -0.2) is 9.59 Å². The Labute approximate surface area is 173 Å². The van der Waals surface area contributed by atoms with Crippen molar-refractivity contribution >= 4 is 12.2 Å². The molecule has 0 unspecified atom stereocenters. The Bertz CT molecular complexity index is 681. The average Bonchev–Trinajstić information content (AvgIpc) is 3.15. The molecule has 0 spiro atoms. The van der Waals surface area contributed by atoms with Crippen LogP contribution >= 0.6 is 0 Å². The summed E-state index contributed by atoms with van der Waals surface area (Å²) in [7, 11) is 0. The van der Waals surface area contributed by atoms with Crippen LogP contribution in [0.1, 0.15) is 45.6 Å². The van der Waals surface area contributed by atoms with Crippen LogP contribution in [0.15, 0.2) is 30.3 Å². The fraction of sp³-hybridized carbons (Fsp3) is 0.636. The van der Waals surface area contributed by atoms with E-state index in [1.54, 1.807) is 9.80 Å². The molecule has 0 radical (unpaired) electrons. The van der Waals surface area contributed by atoms with Gasteiger partial charge in [0.1, 0.15) is 12.2 Å². The van der Waals surface area contributed by atoms with Gasteiger partial charge in [-0.2, -0.15) is 0 Å². The number of likely N-dealkylation sites (tertiary alicyclic amines) is 2. The summed E-state index contributed by atoms with van der Waals surface area (Å²) < 4.78 is 10.9. The van der Waals surface area contributed by atoms with Crippen molar-refractivity contribution in [1.82, 2.24) is 15.1 Å². The van der Waals surface area contributed by atoms with Crippen LogP contribution in [0.25, 0.3) is 0 Å². The number of rotatable bonds is 4. The number of nitrogens with zero attached hydrogens (tertiary/aromatic N) is 2. The van der Waals surface area contributed by atoms with E-state index in [1.807, 2.05) is 51.1 Å². The van der Waals surface area contributed by atoms with Crippen LogP contribution in [-0.4, -0.2) is 65.9 Å². The van der Waals surface area contributed by atoms with Gasteiger partial charge in [0, 0.05) is 38.3 Å². The molecular formula is C22H33N3O4. The molecule has 1 N–H and O–H groups in total. The van der Waals surface area contributed by atoms with Crippen molar-refractivity contribution in [3.05, 3.63) is 35.9 Å². The quantitative estimate of drug-likeness (QED) is 0.834. The number of carbonyl (C=O) groups excluding carboxylic acids is 2. The van der Waals surface area contributed by atoms with Crippen LogP contribution in [-0.2, 0) is 16.1 Å². The zero-order chi connectivity index (χ0) is 20.9. The zero-order valence-electron chi connectivity index (χ0n) is 17.7. The topological polar surface area (TPSA) is 71.1 Å². The minimum Gasteiger partial charge on any atom is -0.445 e. The van der Waals surface area contributed by atoms with Gasteiger partial charge in [0.25, 0.3) is 0 Å². The lowest BCUT2D eigenvalue weighted by atomic mass is 10.0. The number of amides is 2. The van der Waals surface area contributed by atoms with Gasteiger partial charge in [0.15, 0.2) is 0 Å². The lowest BCUT2D eigenvalue weighted by Crippen LogP contribution is -2.49. The summed E-state index contributed by atoms with van der Waals surface area (Å²) in [6, 6.07) is 10.4. The summed E-state index contributed by atoms with van der Waals surface area (Å²) in [4.78, 5) is 28.0. The van der Waals surface area contributed by atoms with Crippen molar-refractivity contribution in [3.63, 3.8) is 0 Å². The third-order valence-electron chi connectivity index (χ3n) is 5.27. The van der Waals surface area contributed by atoms with Gasteiger partial charge in [0.05, 0.1) is 0 Å². The molecule has 1 atom stereocenters. The second kappa shape index (κ2) is 9.48. The first-order valence-corrected chi connectivity index (χ1v) is 10.5. The number of piperidine rings is 1. The van der Waals surface area contributed by atoms with Gasteiger partial charge >= 0.3 is 12.2 Å². The van der Waals surface area contributed by atoms with Crippen molar-refractivity contribution in [3.8, 4) is 0 Å². The Kier molecular flexibility index (Phi) is 7.00. The average molecular weight is 404 g/mol. The lowest BCUT2D eigenvalue weighted by molar-refractivity contribution is 0.0195. The maximum atomic E-state index is 12.3. The van der Waals surface area contributed by atoms with Crippen LogP contribution in [0.3, 0.4) is 0 Å². The highest BCUT2D eigenvalue weighted by atomic mass is 16.6. The van der Waals surface area contributed by atoms with Crippen molar-refractivity contribution in [2.24, 2.45) is 0 Å². The summed E-state index contributed by atoms with van der Waals surface area (Å²) in [6.07, 6.45) is 2.23. The van der Waals surface area contributed by atoms with E-state index >= 15 is 0 Å². The van der Waals surface area contributed by atoms with E-state index in [9.17, 15) is 9.59 Å². The molecule has 1 aromatic rings. The van der Waals surface area contributed by atoms with Crippen molar-refractivity contribution in [2.45, 2.75) is 64.3 Å². The van der Waals surface area contributed by atoms with E-state index in [0.29, 0.717) is 38.8 Å². The largest absolute Gasteiger partial charge is 0.445 e. The summed E-state index contributed by atoms with van der Waals surface area (Å²) >= 11 is 0. The molecular weight excluding hydrogens is 370 g/mol. The normalized spacial score (nSPS) is 20.6. The predicted octanol–water partition coefficient (Wildman–Crippen LogP) is 3.39. The van der Waals surface area contributed by atoms with E-state index in [4.69, 9.17) is 9.47 Å². The molecule has 0 saturated carbocycles. The fourth-order valence-corrected chi connectivity index (χ4v) is 3.76. The van der Waals surface area contributed by atoms with Crippen LogP contribution in [0, 0.1) is 0 Å². The van der Waals surface area contributed by atoms with E-state index in [2.05, 4.69) is 5.32 Å². The van der Waals surface area contributed by atoms with Gasteiger partial charge in [-0.15, -0.1) is 0 Å². The molecule has 2 fully saturated rings. The van der Waals surface area contributed by atoms with Crippen LogP contribution in [0.5, 0.6) is 0 Å². The molecule has 3 rings (SSSR count). The highest BCUT2D eigenvalue weighted by Crippen LogP contribution is 2.18. The molecule has 2 saturated heterocycles. The van der Waals surface area contributed by atoms with E-state index in [1.165, 1.54) is 0 Å². The molecule has 160 valence electrons. The Morgan fingerprint density at radius 3 is 2.24 bits per heavy atom. The minimum absolute atomic E-state index is 0.232. The number of benzene rings is 1. The second-order valence-electron chi connectivity index (χ2n) is 8.88. The standard InChI is InChI=1S/C22H33N3O4/c1-22(2,3)29-21(27)24-12-9-18(10-13-24)23-19-11-14-25(15-19)20(26)28-16-17-7-5-4-6-8-17/h4-8,18-19,23H,9-16H2,1-3H3/t19-/m1/s1. The van der Waals surface area contributed by atoms with Gasteiger partial charge in [-0.05, 0) is 45.6 Å². The Morgan fingerprint density at radius 2 is 1.59 bits per heavy atom. The van der Waals surface area contributed by atoms with Gasteiger partial charge < -0.3 is 24.6 Å². The number of nitrogens with one attached hydrogen (secondary N) is 1. The Morgan fingerprint density at radius 1 is 0.966 bits per heavy atom. The highest BCUT2D eigenvalue weighted by molar-refractivity contribution is 5.68. The van der Waals surface area contributed by atoms with E-state index < -0.39 is 5.60 Å². The molecule has 1 aromatic carbocycles. The first-order valence-electron chi connectivity index (χ1n) is 10.5. The fourth-order valence-electron chi connectivity index (χ4n) is 3.76. The third-order valence-corrected chi connectivity index (χ3v) is 5.27.